The third-order valence-electron chi connectivity index (χ3n) is 4.62. The van der Waals surface area contributed by atoms with Gasteiger partial charge in [-0.15, -0.1) is 0 Å². The SMILES string of the molecule is CCN(C(=O)CCS(=O)(=O)c1ccc(C)cc1)C(C)c1ccc(C#N)cc1. The molecule has 27 heavy (non-hydrogen) atoms. The van der Waals surface area contributed by atoms with Crippen LogP contribution < -0.4 is 0 Å². The van der Waals surface area contributed by atoms with Crippen LogP contribution in [0.15, 0.2) is 53.4 Å². The van der Waals surface area contributed by atoms with Crippen molar-refractivity contribution in [3.8, 4) is 6.07 Å². The molecule has 0 radical (unpaired) electrons. The van der Waals surface area contributed by atoms with Gasteiger partial charge in [-0.05, 0) is 50.6 Å². The van der Waals surface area contributed by atoms with Crippen molar-refractivity contribution >= 4 is 15.7 Å². The number of sulfone groups is 1. The number of rotatable bonds is 7. The highest BCUT2D eigenvalue weighted by atomic mass is 32.2. The molecule has 0 N–H and O–H groups in total. The summed E-state index contributed by atoms with van der Waals surface area (Å²) in [6, 6.07) is 15.6. The van der Waals surface area contributed by atoms with Gasteiger partial charge in [0, 0.05) is 13.0 Å². The molecule has 1 amide bonds. The van der Waals surface area contributed by atoms with Gasteiger partial charge in [-0.3, -0.25) is 4.79 Å². The first kappa shape index (κ1) is 20.7. The van der Waals surface area contributed by atoms with Crippen molar-refractivity contribution in [1.29, 1.82) is 5.26 Å². The van der Waals surface area contributed by atoms with Gasteiger partial charge in [0.15, 0.2) is 9.84 Å². The van der Waals surface area contributed by atoms with E-state index in [-0.39, 0.29) is 29.0 Å². The smallest absolute Gasteiger partial charge is 0.224 e. The molecule has 0 heterocycles. The molecule has 0 saturated carbocycles. The average molecular weight is 385 g/mol. The Morgan fingerprint density at radius 2 is 1.70 bits per heavy atom. The molecule has 0 aliphatic carbocycles. The highest BCUT2D eigenvalue weighted by Crippen LogP contribution is 2.22. The average Bonchev–Trinajstić information content (AvgIpc) is 2.67. The molecule has 6 heteroatoms. The molecule has 5 nitrogen and oxygen atoms in total. The number of benzene rings is 2. The van der Waals surface area contributed by atoms with Crippen LogP contribution in [0, 0.1) is 18.3 Å². The minimum atomic E-state index is -3.50. The summed E-state index contributed by atoms with van der Waals surface area (Å²) in [6.07, 6.45) is -0.0648. The first-order valence-corrected chi connectivity index (χ1v) is 10.5. The number of aryl methyl sites for hydroxylation is 1. The molecule has 1 atom stereocenters. The quantitative estimate of drug-likeness (QED) is 0.730. The number of carbonyl (C=O) groups excluding carboxylic acids is 1. The van der Waals surface area contributed by atoms with E-state index in [0.717, 1.165) is 11.1 Å². The summed E-state index contributed by atoms with van der Waals surface area (Å²) >= 11 is 0. The number of carbonyl (C=O) groups is 1. The zero-order valence-electron chi connectivity index (χ0n) is 15.8. The Labute approximate surface area is 161 Å². The zero-order valence-corrected chi connectivity index (χ0v) is 16.7. The van der Waals surface area contributed by atoms with Crippen LogP contribution in [0.5, 0.6) is 0 Å². The maximum atomic E-state index is 12.7. The summed E-state index contributed by atoms with van der Waals surface area (Å²) in [7, 11) is -3.50. The first-order chi connectivity index (χ1) is 12.8. The summed E-state index contributed by atoms with van der Waals surface area (Å²) in [5, 5.41) is 8.89. The van der Waals surface area contributed by atoms with Crippen molar-refractivity contribution in [3.63, 3.8) is 0 Å². The molecular weight excluding hydrogens is 360 g/mol. The van der Waals surface area contributed by atoms with E-state index < -0.39 is 9.84 Å². The van der Waals surface area contributed by atoms with Gasteiger partial charge in [0.1, 0.15) is 0 Å². The Hall–Kier alpha value is -2.65. The Morgan fingerprint density at radius 3 is 2.22 bits per heavy atom. The standard InChI is InChI=1S/C21H24N2O3S/c1-4-23(17(3)19-9-7-18(15-22)8-10-19)21(24)13-14-27(25,26)20-11-5-16(2)6-12-20/h5-12,17H,4,13-14H2,1-3H3. The van der Waals surface area contributed by atoms with E-state index in [0.29, 0.717) is 12.1 Å². The van der Waals surface area contributed by atoms with Gasteiger partial charge in [0.05, 0.1) is 28.3 Å². The molecule has 0 saturated heterocycles. The molecule has 2 aromatic carbocycles. The fourth-order valence-corrected chi connectivity index (χ4v) is 4.14. The Balaban J connectivity index is 2.07. The van der Waals surface area contributed by atoms with Crippen LogP contribution in [0.25, 0.3) is 0 Å². The number of amides is 1. The van der Waals surface area contributed by atoms with E-state index in [1.807, 2.05) is 32.9 Å². The third kappa shape index (κ3) is 5.18. The Bertz CT molecular complexity index is 927. The van der Waals surface area contributed by atoms with Crippen molar-refractivity contribution in [2.75, 3.05) is 12.3 Å². The van der Waals surface area contributed by atoms with Crippen LogP contribution in [-0.4, -0.2) is 31.5 Å². The van der Waals surface area contributed by atoms with E-state index in [4.69, 9.17) is 5.26 Å². The van der Waals surface area contributed by atoms with Gasteiger partial charge >= 0.3 is 0 Å². The van der Waals surface area contributed by atoms with E-state index in [1.54, 1.807) is 41.3 Å². The number of nitriles is 1. The van der Waals surface area contributed by atoms with Gasteiger partial charge in [-0.2, -0.15) is 5.26 Å². The summed E-state index contributed by atoms with van der Waals surface area (Å²) in [5.74, 6) is -0.420. The van der Waals surface area contributed by atoms with Gasteiger partial charge < -0.3 is 4.90 Å². The van der Waals surface area contributed by atoms with Crippen molar-refractivity contribution in [2.45, 2.75) is 38.1 Å². The molecule has 0 aliphatic rings. The lowest BCUT2D eigenvalue weighted by molar-refractivity contribution is -0.132. The van der Waals surface area contributed by atoms with Crippen LogP contribution in [0.3, 0.4) is 0 Å². The van der Waals surface area contributed by atoms with E-state index in [1.165, 1.54) is 0 Å². The van der Waals surface area contributed by atoms with Gasteiger partial charge in [0.25, 0.3) is 0 Å². The second-order valence-electron chi connectivity index (χ2n) is 6.47. The molecule has 2 rings (SSSR count). The molecule has 0 fully saturated rings. The monoisotopic (exact) mass is 384 g/mol. The lowest BCUT2D eigenvalue weighted by atomic mass is 10.0. The summed E-state index contributed by atoms with van der Waals surface area (Å²) in [5.41, 5.74) is 2.45. The first-order valence-electron chi connectivity index (χ1n) is 8.87. The molecule has 2 aromatic rings. The van der Waals surface area contributed by atoms with E-state index >= 15 is 0 Å². The Morgan fingerprint density at radius 1 is 1.11 bits per heavy atom. The maximum Gasteiger partial charge on any atom is 0.224 e. The van der Waals surface area contributed by atoms with Crippen molar-refractivity contribution in [3.05, 3.63) is 65.2 Å². The predicted molar refractivity (Wildman–Crippen MR) is 105 cm³/mol. The zero-order chi connectivity index (χ0) is 20.0. The van der Waals surface area contributed by atoms with Crippen molar-refractivity contribution in [2.24, 2.45) is 0 Å². The van der Waals surface area contributed by atoms with Crippen molar-refractivity contribution < 1.29 is 13.2 Å². The van der Waals surface area contributed by atoms with E-state index in [2.05, 4.69) is 6.07 Å². The second-order valence-corrected chi connectivity index (χ2v) is 8.58. The molecule has 1 unspecified atom stereocenters. The van der Waals surface area contributed by atoms with Crippen LogP contribution in [-0.2, 0) is 14.6 Å². The van der Waals surface area contributed by atoms with Crippen LogP contribution in [0.4, 0.5) is 0 Å². The van der Waals surface area contributed by atoms with Crippen LogP contribution in [0.1, 0.15) is 43.0 Å². The van der Waals surface area contributed by atoms with Gasteiger partial charge in [0.2, 0.25) is 5.91 Å². The molecule has 0 aliphatic heterocycles. The van der Waals surface area contributed by atoms with Gasteiger partial charge in [-0.25, -0.2) is 8.42 Å². The topological polar surface area (TPSA) is 78.2 Å². The molecule has 0 bridgehead atoms. The summed E-state index contributed by atoms with van der Waals surface area (Å²) in [6.45, 7) is 6.14. The Kier molecular flexibility index (Phi) is 6.75. The fourth-order valence-electron chi connectivity index (χ4n) is 2.91. The lowest BCUT2D eigenvalue weighted by Crippen LogP contribution is -2.34. The molecular formula is C21H24N2O3S. The normalized spacial score (nSPS) is 12.2. The van der Waals surface area contributed by atoms with Crippen LogP contribution in [0.2, 0.25) is 0 Å². The highest BCUT2D eigenvalue weighted by molar-refractivity contribution is 7.91. The summed E-state index contributed by atoms with van der Waals surface area (Å²) < 4.78 is 24.9. The summed E-state index contributed by atoms with van der Waals surface area (Å²) in [4.78, 5) is 14.6. The predicted octanol–water partition coefficient (Wildman–Crippen LogP) is 3.64. The minimum Gasteiger partial charge on any atom is -0.336 e. The largest absolute Gasteiger partial charge is 0.336 e. The third-order valence-corrected chi connectivity index (χ3v) is 6.35. The number of nitrogens with zero attached hydrogens (tertiary/aromatic N) is 2. The highest BCUT2D eigenvalue weighted by Gasteiger charge is 2.23. The molecule has 0 aromatic heterocycles. The van der Waals surface area contributed by atoms with Crippen LogP contribution >= 0.6 is 0 Å². The minimum absolute atomic E-state index is 0.0648. The molecule has 142 valence electrons. The lowest BCUT2D eigenvalue weighted by Gasteiger charge is -2.28. The van der Waals surface area contributed by atoms with Gasteiger partial charge in [-0.1, -0.05) is 29.8 Å². The number of hydrogen-bond acceptors (Lipinski definition) is 4. The van der Waals surface area contributed by atoms with Crippen molar-refractivity contribution in [1.82, 2.24) is 4.90 Å². The fraction of sp³-hybridized carbons (Fsp3) is 0.333. The second kappa shape index (κ2) is 8.83. The number of hydrogen-bond donors (Lipinski definition) is 0. The maximum absolute atomic E-state index is 12.7. The van der Waals surface area contributed by atoms with E-state index in [9.17, 15) is 13.2 Å². The molecule has 0 spiro atoms.